The number of carbonyl (C=O) groups excluding carboxylic acids is 3. The van der Waals surface area contributed by atoms with Gasteiger partial charge in [-0.15, -0.1) is 0 Å². The van der Waals surface area contributed by atoms with Crippen LogP contribution in [-0.2, 0) is 27.7 Å². The highest BCUT2D eigenvalue weighted by atomic mass is 16.6. The van der Waals surface area contributed by atoms with Crippen LogP contribution in [0.5, 0.6) is 0 Å². The highest BCUT2D eigenvalue weighted by Crippen LogP contribution is 2.22. The van der Waals surface area contributed by atoms with Crippen LogP contribution in [0.1, 0.15) is 88.3 Å². The average Bonchev–Trinajstić information content (AvgIpc) is 2.87. The van der Waals surface area contributed by atoms with E-state index in [1.807, 2.05) is 24.3 Å². The minimum Gasteiger partial charge on any atom is -0.462 e. The van der Waals surface area contributed by atoms with Crippen LogP contribution < -0.4 is 0 Å². The third-order valence-corrected chi connectivity index (χ3v) is 6.02. The average molecular weight is 487 g/mol. The van der Waals surface area contributed by atoms with Crippen molar-refractivity contribution in [2.45, 2.75) is 58.8 Å². The Balaban J connectivity index is 1.57. The predicted octanol–water partition coefficient (Wildman–Crippen LogP) is 6.72. The van der Waals surface area contributed by atoms with Crippen LogP contribution >= 0.6 is 0 Å². The van der Waals surface area contributed by atoms with Gasteiger partial charge >= 0.3 is 17.9 Å². The molecule has 0 unspecified atom stereocenters. The quantitative estimate of drug-likeness (QED) is 0.248. The summed E-state index contributed by atoms with van der Waals surface area (Å²) in [6.45, 7) is 8.50. The van der Waals surface area contributed by atoms with Crippen molar-refractivity contribution >= 4 is 17.9 Å². The van der Waals surface area contributed by atoms with Gasteiger partial charge in [0.2, 0.25) is 0 Å². The first-order chi connectivity index (χ1) is 17.2. The zero-order chi connectivity index (χ0) is 26.1. The van der Waals surface area contributed by atoms with E-state index in [9.17, 15) is 14.4 Å². The van der Waals surface area contributed by atoms with Gasteiger partial charge < -0.3 is 9.47 Å². The van der Waals surface area contributed by atoms with Gasteiger partial charge in [0.15, 0.2) is 0 Å². The minimum atomic E-state index is -0.732. The molecule has 3 aromatic carbocycles. The molecule has 0 fully saturated rings. The fraction of sp³-hybridized carbons (Fsp3) is 0.323. The van der Waals surface area contributed by atoms with E-state index in [0.717, 1.165) is 24.8 Å². The standard InChI is InChI=1S/C31H34O5/c1-5-6-9-22-12-14-24(15-13-22)28(32)35-21-20-23-10-7-8-11-27(23)30(34)36-29(33)25-16-18-26(19-17-25)31(2,3)4/h7-8,10-19H,5-6,9,20-21H2,1-4H3. The molecule has 3 rings (SSSR count). The number of benzene rings is 3. The molecule has 36 heavy (non-hydrogen) atoms. The fourth-order valence-corrected chi connectivity index (χ4v) is 3.77. The summed E-state index contributed by atoms with van der Waals surface area (Å²) in [4.78, 5) is 37.7. The van der Waals surface area contributed by atoms with E-state index in [1.54, 1.807) is 48.5 Å². The van der Waals surface area contributed by atoms with Gasteiger partial charge in [0.05, 0.1) is 23.3 Å². The molecule has 0 amide bonds. The number of ether oxygens (including phenoxy) is 2. The zero-order valence-electron chi connectivity index (χ0n) is 21.5. The molecule has 0 saturated carbocycles. The number of aryl methyl sites for hydroxylation is 1. The highest BCUT2D eigenvalue weighted by Gasteiger charge is 2.19. The Morgan fingerprint density at radius 3 is 1.97 bits per heavy atom. The van der Waals surface area contributed by atoms with E-state index < -0.39 is 17.9 Å². The molecule has 5 heteroatoms. The Morgan fingerprint density at radius 2 is 1.33 bits per heavy atom. The van der Waals surface area contributed by atoms with E-state index in [1.165, 1.54) is 5.56 Å². The van der Waals surface area contributed by atoms with E-state index >= 15 is 0 Å². The van der Waals surface area contributed by atoms with Crippen LogP contribution in [0.3, 0.4) is 0 Å². The van der Waals surface area contributed by atoms with Gasteiger partial charge in [0.25, 0.3) is 0 Å². The maximum Gasteiger partial charge on any atom is 0.346 e. The van der Waals surface area contributed by atoms with Crippen molar-refractivity contribution in [1.29, 1.82) is 0 Å². The van der Waals surface area contributed by atoms with E-state index in [-0.39, 0.29) is 17.6 Å². The molecule has 3 aromatic rings. The van der Waals surface area contributed by atoms with Crippen LogP contribution in [0.15, 0.2) is 72.8 Å². The van der Waals surface area contributed by atoms with Gasteiger partial charge in [-0.2, -0.15) is 0 Å². The van der Waals surface area contributed by atoms with Gasteiger partial charge in [0, 0.05) is 6.42 Å². The monoisotopic (exact) mass is 486 g/mol. The smallest absolute Gasteiger partial charge is 0.346 e. The Kier molecular flexibility index (Phi) is 9.18. The summed E-state index contributed by atoms with van der Waals surface area (Å²) in [6, 6.07) is 21.4. The topological polar surface area (TPSA) is 69.7 Å². The SMILES string of the molecule is CCCCc1ccc(C(=O)OCCc2ccccc2C(=O)OC(=O)c2ccc(C(C)(C)C)cc2)cc1. The number of rotatable bonds is 9. The van der Waals surface area contributed by atoms with Crippen LogP contribution in [0.25, 0.3) is 0 Å². The van der Waals surface area contributed by atoms with Crippen molar-refractivity contribution < 1.29 is 23.9 Å². The lowest BCUT2D eigenvalue weighted by Crippen LogP contribution is -2.16. The Labute approximate surface area is 213 Å². The summed E-state index contributed by atoms with van der Waals surface area (Å²) < 4.78 is 10.6. The third kappa shape index (κ3) is 7.38. The van der Waals surface area contributed by atoms with Gasteiger partial charge in [-0.25, -0.2) is 14.4 Å². The van der Waals surface area contributed by atoms with Gasteiger partial charge in [0.1, 0.15) is 0 Å². The normalized spacial score (nSPS) is 11.1. The first-order valence-corrected chi connectivity index (χ1v) is 12.4. The molecule has 5 nitrogen and oxygen atoms in total. The number of esters is 3. The molecule has 0 heterocycles. The second-order valence-electron chi connectivity index (χ2n) is 9.85. The van der Waals surface area contributed by atoms with Crippen molar-refractivity contribution in [2.24, 2.45) is 0 Å². The molecule has 0 saturated heterocycles. The second-order valence-corrected chi connectivity index (χ2v) is 9.85. The molecular weight excluding hydrogens is 452 g/mol. The maximum absolute atomic E-state index is 12.8. The van der Waals surface area contributed by atoms with Crippen molar-refractivity contribution in [1.82, 2.24) is 0 Å². The number of hydrogen-bond acceptors (Lipinski definition) is 5. The molecule has 0 radical (unpaired) electrons. The first kappa shape index (κ1) is 26.9. The summed E-state index contributed by atoms with van der Waals surface area (Å²) in [5.41, 5.74) is 3.95. The van der Waals surface area contributed by atoms with E-state index in [2.05, 4.69) is 27.7 Å². The third-order valence-electron chi connectivity index (χ3n) is 6.02. The summed E-state index contributed by atoms with van der Waals surface area (Å²) >= 11 is 0. The molecule has 0 aliphatic rings. The van der Waals surface area contributed by atoms with Crippen molar-refractivity contribution in [3.05, 3.63) is 106 Å². The lowest BCUT2D eigenvalue weighted by molar-refractivity contribution is 0.0397. The molecule has 188 valence electrons. The largest absolute Gasteiger partial charge is 0.462 e. The molecule has 0 aliphatic carbocycles. The Bertz CT molecular complexity index is 1180. The number of hydrogen-bond donors (Lipinski definition) is 0. The molecule has 0 aromatic heterocycles. The maximum atomic E-state index is 12.8. The van der Waals surface area contributed by atoms with Crippen molar-refractivity contribution in [3.63, 3.8) is 0 Å². The first-order valence-electron chi connectivity index (χ1n) is 12.4. The van der Waals surface area contributed by atoms with Crippen LogP contribution in [0.2, 0.25) is 0 Å². The fourth-order valence-electron chi connectivity index (χ4n) is 3.77. The second kappa shape index (κ2) is 12.3. The van der Waals surface area contributed by atoms with E-state index in [0.29, 0.717) is 23.1 Å². The van der Waals surface area contributed by atoms with Crippen molar-refractivity contribution in [2.75, 3.05) is 6.61 Å². The minimum absolute atomic E-state index is 0.0429. The van der Waals surface area contributed by atoms with Crippen LogP contribution in [0, 0.1) is 0 Å². The molecule has 0 spiro atoms. The Morgan fingerprint density at radius 1 is 0.722 bits per heavy atom. The van der Waals surface area contributed by atoms with Crippen LogP contribution in [0.4, 0.5) is 0 Å². The zero-order valence-corrected chi connectivity index (χ0v) is 21.5. The summed E-state index contributed by atoms with van der Waals surface area (Å²) in [5, 5.41) is 0. The van der Waals surface area contributed by atoms with Gasteiger partial charge in [-0.1, -0.05) is 76.6 Å². The van der Waals surface area contributed by atoms with Crippen molar-refractivity contribution in [3.8, 4) is 0 Å². The van der Waals surface area contributed by atoms with Gasteiger partial charge in [-0.05, 0) is 65.3 Å². The Hall–Kier alpha value is -3.73. The van der Waals surface area contributed by atoms with Crippen LogP contribution in [-0.4, -0.2) is 24.5 Å². The molecule has 0 atom stereocenters. The summed E-state index contributed by atoms with van der Waals surface area (Å²) in [6.07, 6.45) is 3.54. The molecule has 0 aliphatic heterocycles. The highest BCUT2D eigenvalue weighted by molar-refractivity contribution is 6.03. The lowest BCUT2D eigenvalue weighted by Gasteiger charge is -2.18. The molecular formula is C31H34O5. The number of unbranched alkanes of at least 4 members (excludes halogenated alkanes) is 1. The molecule has 0 N–H and O–H groups in total. The van der Waals surface area contributed by atoms with Gasteiger partial charge in [-0.3, -0.25) is 0 Å². The number of carbonyl (C=O) groups is 3. The predicted molar refractivity (Wildman–Crippen MR) is 140 cm³/mol. The molecule has 0 bridgehead atoms. The summed E-state index contributed by atoms with van der Waals surface area (Å²) in [5.74, 6) is -1.85. The van der Waals surface area contributed by atoms with E-state index in [4.69, 9.17) is 9.47 Å². The lowest BCUT2D eigenvalue weighted by atomic mass is 9.87. The summed E-state index contributed by atoms with van der Waals surface area (Å²) in [7, 11) is 0.